The second kappa shape index (κ2) is 6.95. The normalized spacial score (nSPS) is 14.4. The van der Waals surface area contributed by atoms with E-state index in [2.05, 4.69) is 15.0 Å². The number of anilines is 1. The van der Waals surface area contributed by atoms with E-state index in [9.17, 15) is 9.46 Å². The molecule has 0 aliphatic heterocycles. The fourth-order valence-electron chi connectivity index (χ4n) is 1.68. The molecule has 1 unspecified atom stereocenters. The molecule has 0 radical (unpaired) electrons. The maximum Gasteiger partial charge on any atom is 0.353 e. The largest absolute Gasteiger partial charge is 0.382 e. The van der Waals surface area contributed by atoms with E-state index in [0.29, 0.717) is 29.9 Å². The van der Waals surface area contributed by atoms with Crippen LogP contribution in [0.1, 0.15) is 13.3 Å². The number of fused-ring (bicyclic) bond motifs is 1. The first-order chi connectivity index (χ1) is 10.0. The molecule has 2 aromatic heterocycles. The Balaban J connectivity index is 1.86. The maximum atomic E-state index is 11.5. The highest BCUT2D eigenvalue weighted by Crippen LogP contribution is 2.41. The molecule has 0 fully saturated rings. The SMILES string of the molecule is CCCOP(=O)(O)COCCn1cnc2c(N)ncnc21. The van der Waals surface area contributed by atoms with Crippen LogP contribution in [-0.4, -0.2) is 44.0 Å². The van der Waals surface area contributed by atoms with Crippen LogP contribution in [0.4, 0.5) is 5.82 Å². The van der Waals surface area contributed by atoms with Crippen LogP contribution in [0.15, 0.2) is 12.7 Å². The molecule has 0 spiro atoms. The van der Waals surface area contributed by atoms with Crippen molar-refractivity contribution >= 4 is 24.6 Å². The highest BCUT2D eigenvalue weighted by molar-refractivity contribution is 7.52. The third kappa shape index (κ3) is 4.21. The van der Waals surface area contributed by atoms with Gasteiger partial charge in [-0.25, -0.2) is 15.0 Å². The summed E-state index contributed by atoms with van der Waals surface area (Å²) in [5.74, 6) is 0.312. The minimum Gasteiger partial charge on any atom is -0.382 e. The van der Waals surface area contributed by atoms with Gasteiger partial charge in [0.2, 0.25) is 0 Å². The van der Waals surface area contributed by atoms with E-state index in [-0.39, 0.29) is 19.6 Å². The number of imidazole rings is 1. The molecule has 9 nitrogen and oxygen atoms in total. The quantitative estimate of drug-likeness (QED) is 0.545. The van der Waals surface area contributed by atoms with Gasteiger partial charge >= 0.3 is 7.60 Å². The summed E-state index contributed by atoms with van der Waals surface area (Å²) in [5.41, 5.74) is 6.81. The smallest absolute Gasteiger partial charge is 0.353 e. The van der Waals surface area contributed by atoms with E-state index < -0.39 is 7.60 Å². The van der Waals surface area contributed by atoms with E-state index in [4.69, 9.17) is 15.0 Å². The summed E-state index contributed by atoms with van der Waals surface area (Å²) < 4.78 is 23.3. The second-order valence-corrected chi connectivity index (χ2v) is 6.17. The maximum absolute atomic E-state index is 11.5. The molecule has 2 aromatic rings. The van der Waals surface area contributed by atoms with Crippen LogP contribution >= 0.6 is 7.60 Å². The number of hydrogen-bond acceptors (Lipinski definition) is 7. The molecular formula is C11H18N5O4P. The Morgan fingerprint density at radius 3 is 2.95 bits per heavy atom. The van der Waals surface area contributed by atoms with E-state index >= 15 is 0 Å². The Hall–Kier alpha value is -1.54. The van der Waals surface area contributed by atoms with Crippen molar-refractivity contribution in [3.05, 3.63) is 12.7 Å². The number of ether oxygens (including phenoxy) is 1. The lowest BCUT2D eigenvalue weighted by molar-refractivity contribution is 0.138. The number of hydrogen-bond donors (Lipinski definition) is 2. The van der Waals surface area contributed by atoms with E-state index in [1.54, 1.807) is 10.9 Å². The van der Waals surface area contributed by atoms with E-state index in [0.717, 1.165) is 0 Å². The van der Waals surface area contributed by atoms with Crippen molar-refractivity contribution in [2.24, 2.45) is 0 Å². The Kier molecular flexibility index (Phi) is 5.24. The fraction of sp³-hybridized carbons (Fsp3) is 0.545. The van der Waals surface area contributed by atoms with Crippen LogP contribution in [0.2, 0.25) is 0 Å². The third-order valence-electron chi connectivity index (χ3n) is 2.66. The Labute approximate surface area is 121 Å². The summed E-state index contributed by atoms with van der Waals surface area (Å²) in [4.78, 5) is 21.5. The van der Waals surface area contributed by atoms with Gasteiger partial charge in [0.15, 0.2) is 11.5 Å². The molecule has 0 saturated carbocycles. The van der Waals surface area contributed by atoms with Crippen LogP contribution in [-0.2, 0) is 20.4 Å². The van der Waals surface area contributed by atoms with Gasteiger partial charge in [-0.15, -0.1) is 0 Å². The van der Waals surface area contributed by atoms with Crippen molar-refractivity contribution in [3.63, 3.8) is 0 Å². The van der Waals surface area contributed by atoms with Crippen LogP contribution in [0.3, 0.4) is 0 Å². The molecule has 2 rings (SSSR count). The van der Waals surface area contributed by atoms with Gasteiger partial charge in [-0.05, 0) is 6.42 Å². The Morgan fingerprint density at radius 1 is 1.38 bits per heavy atom. The summed E-state index contributed by atoms with van der Waals surface area (Å²) in [6.45, 7) is 2.76. The topological polar surface area (TPSA) is 125 Å². The summed E-state index contributed by atoms with van der Waals surface area (Å²) in [6, 6.07) is 0. The van der Waals surface area contributed by atoms with Gasteiger partial charge in [0, 0.05) is 6.54 Å². The highest BCUT2D eigenvalue weighted by Gasteiger charge is 2.18. The lowest BCUT2D eigenvalue weighted by Gasteiger charge is -2.12. The molecule has 0 aliphatic carbocycles. The molecule has 2 heterocycles. The summed E-state index contributed by atoms with van der Waals surface area (Å²) >= 11 is 0. The van der Waals surface area contributed by atoms with Gasteiger partial charge in [0.1, 0.15) is 18.2 Å². The molecule has 0 saturated heterocycles. The minimum absolute atomic E-state index is 0.232. The van der Waals surface area contributed by atoms with Crippen molar-refractivity contribution in [3.8, 4) is 0 Å². The molecule has 0 aliphatic rings. The standard InChI is InChI=1S/C11H18N5O4P/c1-2-4-20-21(17,18)8-19-5-3-16-7-15-9-10(12)13-6-14-11(9)16/h6-7H,2-5,8H2,1H3,(H,17,18)(H2,12,13,14). The zero-order chi connectivity index (χ0) is 15.3. The molecule has 0 aromatic carbocycles. The molecule has 21 heavy (non-hydrogen) atoms. The van der Waals surface area contributed by atoms with Gasteiger partial charge < -0.3 is 24.5 Å². The van der Waals surface area contributed by atoms with Crippen molar-refractivity contribution in [1.29, 1.82) is 0 Å². The molecular weight excluding hydrogens is 297 g/mol. The van der Waals surface area contributed by atoms with Crippen LogP contribution < -0.4 is 5.73 Å². The number of rotatable bonds is 8. The minimum atomic E-state index is -3.66. The predicted octanol–water partition coefficient (Wildman–Crippen LogP) is 0.995. The first-order valence-electron chi connectivity index (χ1n) is 6.49. The third-order valence-corrected chi connectivity index (χ3v) is 3.75. The highest BCUT2D eigenvalue weighted by atomic mass is 31.2. The molecule has 3 N–H and O–H groups in total. The van der Waals surface area contributed by atoms with Crippen LogP contribution in [0.5, 0.6) is 0 Å². The lowest BCUT2D eigenvalue weighted by Crippen LogP contribution is -2.08. The number of nitrogens with two attached hydrogens (primary N) is 1. The fourth-order valence-corrected chi connectivity index (χ4v) is 2.58. The van der Waals surface area contributed by atoms with Crippen molar-refractivity contribution in [2.75, 3.05) is 25.3 Å². The van der Waals surface area contributed by atoms with Crippen molar-refractivity contribution in [2.45, 2.75) is 19.9 Å². The van der Waals surface area contributed by atoms with Crippen molar-refractivity contribution < 1.29 is 18.7 Å². The van der Waals surface area contributed by atoms with Crippen LogP contribution in [0.25, 0.3) is 11.2 Å². The predicted molar refractivity (Wildman–Crippen MR) is 76.6 cm³/mol. The van der Waals surface area contributed by atoms with Gasteiger partial charge in [-0.2, -0.15) is 0 Å². The average Bonchev–Trinajstić information content (AvgIpc) is 2.86. The van der Waals surface area contributed by atoms with Crippen molar-refractivity contribution in [1.82, 2.24) is 19.5 Å². The van der Waals surface area contributed by atoms with Gasteiger partial charge in [-0.1, -0.05) is 6.92 Å². The zero-order valence-corrected chi connectivity index (χ0v) is 12.6. The molecule has 0 bridgehead atoms. The molecule has 10 heteroatoms. The summed E-state index contributed by atoms with van der Waals surface area (Å²) in [7, 11) is -3.66. The number of nitrogen functional groups attached to an aromatic ring is 1. The Morgan fingerprint density at radius 2 is 2.19 bits per heavy atom. The molecule has 0 amide bonds. The van der Waals surface area contributed by atoms with E-state index in [1.807, 2.05) is 6.92 Å². The van der Waals surface area contributed by atoms with Crippen LogP contribution in [0, 0.1) is 0 Å². The first kappa shape index (κ1) is 15.8. The summed E-state index contributed by atoms with van der Waals surface area (Å²) in [5, 5.41) is 0. The number of nitrogens with zero attached hydrogens (tertiary/aromatic N) is 4. The lowest BCUT2D eigenvalue weighted by atomic mass is 10.5. The summed E-state index contributed by atoms with van der Waals surface area (Å²) in [6.07, 6.45) is 3.27. The first-order valence-corrected chi connectivity index (χ1v) is 8.25. The monoisotopic (exact) mass is 315 g/mol. The van der Waals surface area contributed by atoms with E-state index in [1.165, 1.54) is 6.33 Å². The van der Waals surface area contributed by atoms with Gasteiger partial charge in [0.05, 0.1) is 19.5 Å². The number of aromatic nitrogens is 4. The Bertz CT molecular complexity index is 647. The second-order valence-electron chi connectivity index (χ2n) is 4.38. The zero-order valence-electron chi connectivity index (χ0n) is 11.7. The van der Waals surface area contributed by atoms with Gasteiger partial charge in [0.25, 0.3) is 0 Å². The molecule has 1 atom stereocenters. The molecule has 116 valence electrons. The van der Waals surface area contributed by atoms with Gasteiger partial charge in [-0.3, -0.25) is 4.57 Å². The average molecular weight is 315 g/mol.